The molecule has 0 heterocycles. The maximum absolute atomic E-state index is 11.9. The molecule has 0 aromatic rings. The number of allylic oxidation sites excluding steroid dienone is 4. The van der Waals surface area contributed by atoms with E-state index in [-0.39, 0.29) is 22.4 Å². The summed E-state index contributed by atoms with van der Waals surface area (Å²) in [5, 5.41) is 6.36. The van der Waals surface area contributed by atoms with E-state index in [0.29, 0.717) is 33.2 Å². The molecule has 0 aromatic heterocycles. The smallest absolute Gasteiger partial charge is 0.407 e. The second-order valence-electron chi connectivity index (χ2n) is 12.1. The van der Waals surface area contributed by atoms with E-state index < -0.39 is 6.09 Å². The van der Waals surface area contributed by atoms with Gasteiger partial charge in [-0.1, -0.05) is 50.1 Å². The van der Waals surface area contributed by atoms with Crippen LogP contribution in [0.5, 0.6) is 0 Å². The Hall–Kier alpha value is -1.63. The van der Waals surface area contributed by atoms with Gasteiger partial charge in [0.2, 0.25) is 0 Å². The lowest BCUT2D eigenvalue weighted by molar-refractivity contribution is -0.0103. The monoisotopic (exact) mass is 478 g/mol. The summed E-state index contributed by atoms with van der Waals surface area (Å²) in [7, 11) is 0. The molecule has 1 atom stereocenters. The van der Waals surface area contributed by atoms with Crippen LogP contribution < -0.4 is 10.6 Å². The molecule has 1 unspecified atom stereocenters. The first-order chi connectivity index (χ1) is 15.6. The first-order valence-electron chi connectivity index (χ1n) is 12.5. The highest BCUT2D eigenvalue weighted by Crippen LogP contribution is 2.27. The van der Waals surface area contributed by atoms with Crippen molar-refractivity contribution in [3.8, 4) is 0 Å². The third-order valence-electron chi connectivity index (χ3n) is 5.55. The number of nitrogens with one attached hydrogen (secondary N) is 2. The van der Waals surface area contributed by atoms with Gasteiger partial charge in [0.1, 0.15) is 6.61 Å². The van der Waals surface area contributed by atoms with E-state index in [2.05, 4.69) is 63.5 Å². The van der Waals surface area contributed by atoms with Gasteiger partial charge in [0, 0.05) is 22.4 Å². The average Bonchev–Trinajstić information content (AvgIpc) is 2.66. The molecular formula is C28H50N2O4. The van der Waals surface area contributed by atoms with Gasteiger partial charge in [0.25, 0.3) is 0 Å². The van der Waals surface area contributed by atoms with Crippen LogP contribution in [0.4, 0.5) is 4.79 Å². The Morgan fingerprint density at radius 3 is 2.32 bits per heavy atom. The van der Waals surface area contributed by atoms with Crippen LogP contribution in [-0.4, -0.2) is 50.3 Å². The third kappa shape index (κ3) is 12.7. The van der Waals surface area contributed by atoms with E-state index in [1.165, 1.54) is 16.7 Å². The van der Waals surface area contributed by atoms with Gasteiger partial charge in [0.05, 0.1) is 26.6 Å². The van der Waals surface area contributed by atoms with Crippen LogP contribution in [0.15, 0.2) is 34.9 Å². The summed E-state index contributed by atoms with van der Waals surface area (Å²) in [6.07, 6.45) is 8.38. The van der Waals surface area contributed by atoms with Gasteiger partial charge < -0.3 is 19.5 Å². The fraction of sp³-hybridized carbons (Fsp3) is 0.750. The molecule has 34 heavy (non-hydrogen) atoms. The molecule has 1 rings (SSSR count). The maximum Gasteiger partial charge on any atom is 0.407 e. The lowest BCUT2D eigenvalue weighted by Gasteiger charge is -2.31. The maximum atomic E-state index is 11.9. The van der Waals surface area contributed by atoms with Gasteiger partial charge in [0.15, 0.2) is 0 Å². The summed E-state index contributed by atoms with van der Waals surface area (Å²) in [4.78, 5) is 11.9. The third-order valence-corrected chi connectivity index (χ3v) is 5.55. The first-order valence-corrected chi connectivity index (χ1v) is 12.5. The molecule has 0 radical (unpaired) electrons. The quantitative estimate of drug-likeness (QED) is 0.200. The van der Waals surface area contributed by atoms with E-state index in [0.717, 1.165) is 12.8 Å². The van der Waals surface area contributed by atoms with Crippen LogP contribution in [0.3, 0.4) is 0 Å². The predicted octanol–water partition coefficient (Wildman–Crippen LogP) is 6.15. The topological polar surface area (TPSA) is 68.8 Å². The Morgan fingerprint density at radius 2 is 1.68 bits per heavy atom. The summed E-state index contributed by atoms with van der Waals surface area (Å²) in [5.41, 5.74) is 3.41. The summed E-state index contributed by atoms with van der Waals surface area (Å²) in [5.74, 6) is 0.265. The van der Waals surface area contributed by atoms with E-state index >= 15 is 0 Å². The number of alkyl carbamates (subject to hydrolysis) is 1. The van der Waals surface area contributed by atoms with Gasteiger partial charge in [-0.25, -0.2) is 4.79 Å². The predicted molar refractivity (Wildman–Crippen MR) is 141 cm³/mol. The zero-order valence-corrected chi connectivity index (χ0v) is 23.4. The zero-order valence-electron chi connectivity index (χ0n) is 23.4. The minimum atomic E-state index is -0.398. The molecule has 6 heteroatoms. The standard InChI is InChI=1S/C28H50N2O4/c1-21-13-11-12-14-24(23(3)15-21)28(9,10)29-20-33-17-22(2)16-32-18-27(7,8)19-34-25(31)30-26(4,5)6/h12-14,22,29H,11,15-20H2,1-10H3,(H,30,31)/b14-12-,21-13-,24-23-. The van der Waals surface area contributed by atoms with Crippen LogP contribution in [0.25, 0.3) is 0 Å². The van der Waals surface area contributed by atoms with Crippen molar-refractivity contribution in [2.75, 3.05) is 33.2 Å². The molecule has 6 nitrogen and oxygen atoms in total. The fourth-order valence-electron chi connectivity index (χ4n) is 3.74. The molecule has 0 aromatic carbocycles. The van der Waals surface area contributed by atoms with E-state index in [4.69, 9.17) is 14.2 Å². The van der Waals surface area contributed by atoms with Crippen LogP contribution in [0, 0.1) is 11.3 Å². The largest absolute Gasteiger partial charge is 0.449 e. The highest BCUT2D eigenvalue weighted by Gasteiger charge is 2.24. The number of ether oxygens (including phenoxy) is 3. The van der Waals surface area contributed by atoms with Crippen LogP contribution >= 0.6 is 0 Å². The normalized spacial score (nSPS) is 21.2. The second-order valence-corrected chi connectivity index (χ2v) is 12.1. The van der Waals surface area contributed by atoms with E-state index in [1.54, 1.807) is 0 Å². The van der Waals surface area contributed by atoms with Gasteiger partial charge >= 0.3 is 6.09 Å². The molecule has 2 N–H and O–H groups in total. The van der Waals surface area contributed by atoms with Crippen molar-refractivity contribution in [2.24, 2.45) is 11.3 Å². The van der Waals surface area contributed by atoms with Crippen LogP contribution in [-0.2, 0) is 14.2 Å². The number of carbonyl (C=O) groups excluding carboxylic acids is 1. The molecule has 1 amide bonds. The van der Waals surface area contributed by atoms with Crippen molar-refractivity contribution < 1.29 is 19.0 Å². The second kappa shape index (κ2) is 13.5. The van der Waals surface area contributed by atoms with Crippen molar-refractivity contribution in [1.82, 2.24) is 10.6 Å². The van der Waals surface area contributed by atoms with Crippen molar-refractivity contribution >= 4 is 6.09 Å². The highest BCUT2D eigenvalue weighted by molar-refractivity contribution is 5.68. The lowest BCUT2D eigenvalue weighted by atomic mass is 9.86. The highest BCUT2D eigenvalue weighted by atomic mass is 16.6. The van der Waals surface area contributed by atoms with Crippen molar-refractivity contribution in [3.63, 3.8) is 0 Å². The molecule has 0 spiro atoms. The summed E-state index contributed by atoms with van der Waals surface area (Å²) in [6, 6.07) is 0. The fourth-order valence-corrected chi connectivity index (χ4v) is 3.74. The molecule has 1 aliphatic rings. The van der Waals surface area contributed by atoms with E-state index in [9.17, 15) is 4.79 Å². The van der Waals surface area contributed by atoms with Gasteiger partial charge in [-0.15, -0.1) is 0 Å². The summed E-state index contributed by atoms with van der Waals surface area (Å²) >= 11 is 0. The minimum Gasteiger partial charge on any atom is -0.449 e. The molecule has 196 valence electrons. The summed E-state index contributed by atoms with van der Waals surface area (Å²) in [6.45, 7) is 23.3. The zero-order chi connectivity index (χ0) is 26.0. The molecule has 1 aliphatic carbocycles. The Bertz CT molecular complexity index is 742. The number of hydrogen-bond donors (Lipinski definition) is 2. The van der Waals surface area contributed by atoms with Gasteiger partial charge in [-0.05, 0) is 66.9 Å². The molecule has 0 saturated heterocycles. The Morgan fingerprint density at radius 1 is 1.03 bits per heavy atom. The molecule has 0 fully saturated rings. The average molecular weight is 479 g/mol. The Kier molecular flexibility index (Phi) is 12.0. The Balaban J connectivity index is 2.33. The number of hydrogen-bond acceptors (Lipinski definition) is 5. The van der Waals surface area contributed by atoms with Gasteiger partial charge in [-0.3, -0.25) is 5.32 Å². The van der Waals surface area contributed by atoms with Crippen molar-refractivity contribution in [3.05, 3.63) is 34.9 Å². The van der Waals surface area contributed by atoms with Gasteiger partial charge in [-0.2, -0.15) is 0 Å². The molecule has 0 aliphatic heterocycles. The SMILES string of the molecule is C/C1=C/C/C=C\C(C(C)(C)NCOCC(C)COCC(C)(C)COC(=O)NC(C)(C)C)=C(/C)C1. The summed E-state index contributed by atoms with van der Waals surface area (Å²) < 4.78 is 17.2. The van der Waals surface area contributed by atoms with E-state index in [1.807, 2.05) is 34.6 Å². The number of rotatable bonds is 12. The molecule has 0 bridgehead atoms. The molecule has 0 saturated carbocycles. The minimum absolute atomic E-state index is 0.165. The van der Waals surface area contributed by atoms with Crippen molar-refractivity contribution in [2.45, 2.75) is 93.2 Å². The first kappa shape index (κ1) is 30.4. The van der Waals surface area contributed by atoms with Crippen LogP contribution in [0.2, 0.25) is 0 Å². The Labute approximate surface area is 208 Å². The van der Waals surface area contributed by atoms with Crippen LogP contribution in [0.1, 0.15) is 82.1 Å². The number of carbonyl (C=O) groups is 1. The number of amides is 1. The lowest BCUT2D eigenvalue weighted by Crippen LogP contribution is -2.43. The van der Waals surface area contributed by atoms with Crippen molar-refractivity contribution in [1.29, 1.82) is 0 Å². The molecular weight excluding hydrogens is 428 g/mol.